The zero-order chi connectivity index (χ0) is 28.2. The number of benzene rings is 2. The molecule has 40 heavy (non-hydrogen) atoms. The minimum Gasteiger partial charge on any atom is -0.360 e. The number of nitrogens with two attached hydrogens (primary N) is 1. The van der Waals surface area contributed by atoms with Crippen molar-refractivity contribution in [1.29, 1.82) is 0 Å². The highest BCUT2D eigenvalue weighted by atomic mass is 35.5. The van der Waals surface area contributed by atoms with E-state index in [1.165, 1.54) is 19.3 Å². The number of nitrogens with one attached hydrogen (secondary N) is 2. The molecule has 4 N–H and O–H groups in total. The van der Waals surface area contributed by atoms with Gasteiger partial charge in [0.2, 0.25) is 0 Å². The minimum absolute atomic E-state index is 0.152. The Morgan fingerprint density at radius 3 is 2.27 bits per heavy atom. The van der Waals surface area contributed by atoms with Gasteiger partial charge in [0.05, 0.1) is 15.6 Å². The van der Waals surface area contributed by atoms with E-state index in [1.807, 2.05) is 6.07 Å². The van der Waals surface area contributed by atoms with Crippen LogP contribution in [0, 0.1) is 18.8 Å². The third kappa shape index (κ3) is 6.70. The molecule has 212 valence electrons. The molecule has 3 aromatic rings. The molecule has 0 radical (unpaired) electrons. The number of aryl methyl sites for hydroxylation is 1. The number of hydrogen-bond acceptors (Lipinski definition) is 5. The maximum Gasteiger partial charge on any atom is 0.261 e. The van der Waals surface area contributed by atoms with Crippen molar-refractivity contribution in [2.45, 2.75) is 76.8 Å². The zero-order valence-electron chi connectivity index (χ0n) is 22.7. The summed E-state index contributed by atoms with van der Waals surface area (Å²) < 4.78 is 5.31. The topological polar surface area (TPSA) is 110 Å². The van der Waals surface area contributed by atoms with Crippen LogP contribution >= 0.6 is 23.2 Å². The molecule has 2 amide bonds. The van der Waals surface area contributed by atoms with E-state index >= 15 is 0 Å². The predicted molar refractivity (Wildman–Crippen MR) is 159 cm³/mol. The van der Waals surface area contributed by atoms with Crippen LogP contribution in [0.25, 0.3) is 11.3 Å². The van der Waals surface area contributed by atoms with Crippen molar-refractivity contribution in [2.24, 2.45) is 17.6 Å². The lowest BCUT2D eigenvalue weighted by atomic mass is 9.76. The first-order valence-corrected chi connectivity index (χ1v) is 14.9. The number of anilines is 1. The summed E-state index contributed by atoms with van der Waals surface area (Å²) in [7, 11) is 0. The largest absolute Gasteiger partial charge is 0.360 e. The first-order valence-electron chi connectivity index (χ1n) is 14.2. The molecule has 1 aromatic heterocycles. The molecule has 0 unspecified atom stereocenters. The molecular formula is C31H36Cl2N4O3. The van der Waals surface area contributed by atoms with Crippen LogP contribution in [-0.4, -0.2) is 29.1 Å². The molecule has 0 saturated heterocycles. The molecule has 2 aliphatic rings. The molecule has 1 heterocycles. The fourth-order valence-electron chi connectivity index (χ4n) is 6.15. The van der Waals surface area contributed by atoms with Crippen molar-refractivity contribution in [3.63, 3.8) is 0 Å². The predicted octanol–water partition coefficient (Wildman–Crippen LogP) is 7.41. The van der Waals surface area contributed by atoms with Gasteiger partial charge in [0.25, 0.3) is 11.8 Å². The highest BCUT2D eigenvalue weighted by molar-refractivity contribution is 6.34. The zero-order valence-corrected chi connectivity index (χ0v) is 24.2. The Hall–Kier alpha value is -2.87. The van der Waals surface area contributed by atoms with E-state index in [4.69, 9.17) is 33.5 Å². The number of hydrogen-bond donors (Lipinski definition) is 3. The number of carbonyl (C=O) groups excluding carboxylic acids is 2. The van der Waals surface area contributed by atoms with Gasteiger partial charge >= 0.3 is 0 Å². The van der Waals surface area contributed by atoms with Crippen LogP contribution < -0.4 is 16.4 Å². The lowest BCUT2D eigenvalue weighted by molar-refractivity contribution is 0.0918. The second-order valence-electron chi connectivity index (χ2n) is 11.3. The summed E-state index contributed by atoms with van der Waals surface area (Å²) in [6.07, 6.45) is 10.4. The van der Waals surface area contributed by atoms with Crippen LogP contribution in [0.1, 0.15) is 84.3 Å². The van der Waals surface area contributed by atoms with Gasteiger partial charge in [0, 0.05) is 23.3 Å². The van der Waals surface area contributed by atoms with Crippen LogP contribution in [0.2, 0.25) is 10.0 Å². The van der Waals surface area contributed by atoms with Gasteiger partial charge < -0.3 is 20.9 Å². The molecule has 0 bridgehead atoms. The van der Waals surface area contributed by atoms with E-state index < -0.39 is 5.91 Å². The minimum atomic E-state index is -0.408. The van der Waals surface area contributed by atoms with Gasteiger partial charge in [-0.05, 0) is 101 Å². The quantitative estimate of drug-likeness (QED) is 0.268. The van der Waals surface area contributed by atoms with E-state index in [0.29, 0.717) is 39.3 Å². The van der Waals surface area contributed by atoms with Gasteiger partial charge in [-0.1, -0.05) is 46.6 Å². The van der Waals surface area contributed by atoms with Crippen molar-refractivity contribution in [1.82, 2.24) is 10.5 Å². The summed E-state index contributed by atoms with van der Waals surface area (Å²) in [5, 5.41) is 10.8. The Labute approximate surface area is 245 Å². The molecule has 2 saturated carbocycles. The van der Waals surface area contributed by atoms with Gasteiger partial charge in [0.1, 0.15) is 17.0 Å². The average molecular weight is 584 g/mol. The third-order valence-corrected chi connectivity index (χ3v) is 9.07. The van der Waals surface area contributed by atoms with Crippen LogP contribution in [0.4, 0.5) is 5.69 Å². The fraction of sp³-hybridized carbons (Fsp3) is 0.452. The molecular weight excluding hydrogens is 547 g/mol. The first kappa shape index (κ1) is 28.7. The van der Waals surface area contributed by atoms with Crippen molar-refractivity contribution in [2.75, 3.05) is 5.32 Å². The SMILES string of the molecule is Cc1onc(-c2ccccc2Cl)c1C(=O)Nc1ccc(C(=O)NC2CCC(CC3CCC(N)CC3)CC2)c(Cl)c1. The number of aromatic nitrogens is 1. The summed E-state index contributed by atoms with van der Waals surface area (Å²) in [5.74, 6) is 1.32. The lowest BCUT2D eigenvalue weighted by Gasteiger charge is -2.33. The van der Waals surface area contributed by atoms with Crippen LogP contribution in [0.3, 0.4) is 0 Å². The van der Waals surface area contributed by atoms with E-state index in [-0.39, 0.29) is 22.5 Å². The number of carbonyl (C=O) groups is 2. The molecule has 5 rings (SSSR count). The van der Waals surface area contributed by atoms with Crippen molar-refractivity contribution in [3.8, 4) is 11.3 Å². The van der Waals surface area contributed by atoms with E-state index in [1.54, 1.807) is 43.3 Å². The van der Waals surface area contributed by atoms with Gasteiger partial charge in [-0.25, -0.2) is 0 Å². The molecule has 2 fully saturated rings. The van der Waals surface area contributed by atoms with Crippen LogP contribution in [0.15, 0.2) is 47.0 Å². The number of rotatable bonds is 7. The standard InChI is InChI=1S/C31H36Cl2N4O3/c1-18-28(29(37-40-18)24-4-2-3-5-26(24)32)31(39)36-23-14-15-25(27(33)17-23)30(38)35-22-12-8-20(9-13-22)16-19-6-10-21(34)11-7-19/h2-5,14-15,17,19-22H,6-13,16,34H2,1H3,(H,35,38)(H,36,39). The highest BCUT2D eigenvalue weighted by Gasteiger charge is 2.28. The second-order valence-corrected chi connectivity index (χ2v) is 12.1. The molecule has 0 aliphatic heterocycles. The summed E-state index contributed by atoms with van der Waals surface area (Å²) >= 11 is 12.8. The Morgan fingerprint density at radius 1 is 0.925 bits per heavy atom. The van der Waals surface area contributed by atoms with Gasteiger partial charge in [-0.2, -0.15) is 0 Å². The van der Waals surface area contributed by atoms with Crippen molar-refractivity contribution < 1.29 is 14.1 Å². The van der Waals surface area contributed by atoms with Gasteiger partial charge in [-0.3, -0.25) is 9.59 Å². The van der Waals surface area contributed by atoms with Crippen molar-refractivity contribution >= 4 is 40.7 Å². The Kier molecular flexibility index (Phi) is 9.13. The number of nitrogens with zero attached hydrogens (tertiary/aromatic N) is 1. The van der Waals surface area contributed by atoms with E-state index in [2.05, 4.69) is 15.8 Å². The normalized spacial score (nSPS) is 23.0. The van der Waals surface area contributed by atoms with Crippen LogP contribution in [0.5, 0.6) is 0 Å². The first-order chi connectivity index (χ1) is 19.3. The summed E-state index contributed by atoms with van der Waals surface area (Å²) in [4.78, 5) is 26.2. The Bertz CT molecular complexity index is 1360. The Morgan fingerprint density at radius 2 is 1.60 bits per heavy atom. The van der Waals surface area contributed by atoms with Crippen LogP contribution in [-0.2, 0) is 0 Å². The lowest BCUT2D eigenvalue weighted by Crippen LogP contribution is -2.38. The average Bonchev–Trinajstić information content (AvgIpc) is 3.32. The summed E-state index contributed by atoms with van der Waals surface area (Å²) in [6, 6.07) is 12.6. The maximum atomic E-state index is 13.2. The maximum absolute atomic E-state index is 13.2. The molecule has 2 aliphatic carbocycles. The molecule has 0 spiro atoms. The molecule has 2 aromatic carbocycles. The number of amides is 2. The monoisotopic (exact) mass is 582 g/mol. The number of halogens is 2. The Balaban J connectivity index is 1.16. The van der Waals surface area contributed by atoms with E-state index in [0.717, 1.165) is 50.4 Å². The smallest absolute Gasteiger partial charge is 0.261 e. The third-order valence-electron chi connectivity index (χ3n) is 8.43. The second kappa shape index (κ2) is 12.8. The highest BCUT2D eigenvalue weighted by Crippen LogP contribution is 2.36. The summed E-state index contributed by atoms with van der Waals surface area (Å²) in [5.41, 5.74) is 8.16. The molecule has 9 heteroatoms. The summed E-state index contributed by atoms with van der Waals surface area (Å²) in [6.45, 7) is 1.67. The van der Waals surface area contributed by atoms with Crippen molar-refractivity contribution in [3.05, 3.63) is 69.4 Å². The van der Waals surface area contributed by atoms with Gasteiger partial charge in [0.15, 0.2) is 0 Å². The van der Waals surface area contributed by atoms with Gasteiger partial charge in [-0.15, -0.1) is 0 Å². The van der Waals surface area contributed by atoms with E-state index in [9.17, 15) is 9.59 Å². The molecule has 0 atom stereocenters. The fourth-order valence-corrected chi connectivity index (χ4v) is 6.64. The molecule has 7 nitrogen and oxygen atoms in total.